The van der Waals surface area contributed by atoms with E-state index in [0.29, 0.717) is 6.42 Å². The lowest BCUT2D eigenvalue weighted by atomic mass is 10.1. The van der Waals surface area contributed by atoms with Gasteiger partial charge in [0.25, 0.3) is 11.8 Å². The molecule has 1 atom stereocenters. The summed E-state index contributed by atoms with van der Waals surface area (Å²) in [5.74, 6) is -1.64. The van der Waals surface area contributed by atoms with E-state index in [1.807, 2.05) is 0 Å². The van der Waals surface area contributed by atoms with Gasteiger partial charge < -0.3 is 9.53 Å². The summed E-state index contributed by atoms with van der Waals surface area (Å²) in [5, 5.41) is 0. The van der Waals surface area contributed by atoms with Gasteiger partial charge in [-0.2, -0.15) is 0 Å². The standard InChI is InChI=1S/C18H21NO5/c1-18(2,3)24-17(23)14(10-6-7-11-20)19-15(21)12-8-4-5-9-13(12)16(19)22/h4-5,8-9,11,14H,6-7,10H2,1-3H3. The van der Waals surface area contributed by atoms with Crippen molar-refractivity contribution in [3.63, 3.8) is 0 Å². The Bertz CT molecular complexity index is 639. The molecule has 0 radical (unpaired) electrons. The number of nitrogens with zero attached hydrogens (tertiary/aromatic N) is 1. The van der Waals surface area contributed by atoms with E-state index < -0.39 is 29.4 Å². The maximum Gasteiger partial charge on any atom is 0.329 e. The fourth-order valence-corrected chi connectivity index (χ4v) is 2.61. The fraction of sp³-hybridized carbons (Fsp3) is 0.444. The lowest BCUT2D eigenvalue weighted by Crippen LogP contribution is -2.47. The minimum absolute atomic E-state index is 0.194. The molecule has 0 bridgehead atoms. The lowest BCUT2D eigenvalue weighted by molar-refractivity contribution is -0.160. The van der Waals surface area contributed by atoms with E-state index in [2.05, 4.69) is 0 Å². The first-order valence-electron chi connectivity index (χ1n) is 7.89. The number of ether oxygens (including phenoxy) is 1. The topological polar surface area (TPSA) is 80.8 Å². The Labute approximate surface area is 140 Å². The summed E-state index contributed by atoms with van der Waals surface area (Å²) in [6, 6.07) is 5.43. The molecular formula is C18H21NO5. The van der Waals surface area contributed by atoms with Crippen LogP contribution in [0, 0.1) is 0 Å². The Morgan fingerprint density at radius 1 is 1.17 bits per heavy atom. The molecule has 6 heteroatoms. The van der Waals surface area contributed by atoms with Gasteiger partial charge in [-0.05, 0) is 45.7 Å². The molecule has 0 spiro atoms. The third-order valence-electron chi connectivity index (χ3n) is 3.62. The number of rotatable bonds is 6. The molecule has 2 rings (SSSR count). The minimum atomic E-state index is -1.03. The zero-order valence-electron chi connectivity index (χ0n) is 14.1. The second-order valence-electron chi connectivity index (χ2n) is 6.67. The van der Waals surface area contributed by atoms with E-state index in [-0.39, 0.29) is 24.0 Å². The van der Waals surface area contributed by atoms with Crippen LogP contribution in [0.15, 0.2) is 24.3 Å². The highest BCUT2D eigenvalue weighted by Crippen LogP contribution is 2.27. The number of aldehydes is 1. The van der Waals surface area contributed by atoms with Gasteiger partial charge in [-0.15, -0.1) is 0 Å². The summed E-state index contributed by atoms with van der Waals surface area (Å²) in [6.07, 6.45) is 1.58. The molecular weight excluding hydrogens is 310 g/mol. The summed E-state index contributed by atoms with van der Waals surface area (Å²) in [7, 11) is 0. The predicted molar refractivity (Wildman–Crippen MR) is 86.5 cm³/mol. The maximum atomic E-state index is 12.6. The van der Waals surface area contributed by atoms with Crippen molar-refractivity contribution in [1.29, 1.82) is 0 Å². The van der Waals surface area contributed by atoms with Crippen LogP contribution in [0.3, 0.4) is 0 Å². The molecule has 1 heterocycles. The molecule has 1 aromatic carbocycles. The van der Waals surface area contributed by atoms with E-state index in [4.69, 9.17) is 4.74 Å². The Hall–Kier alpha value is -2.50. The molecule has 0 N–H and O–H groups in total. The number of benzene rings is 1. The Kier molecular flexibility index (Phi) is 5.17. The third-order valence-corrected chi connectivity index (χ3v) is 3.62. The lowest BCUT2D eigenvalue weighted by Gasteiger charge is -2.28. The Balaban J connectivity index is 2.30. The van der Waals surface area contributed by atoms with Crippen molar-refractivity contribution in [2.45, 2.75) is 51.7 Å². The van der Waals surface area contributed by atoms with Crippen molar-refractivity contribution in [2.24, 2.45) is 0 Å². The third kappa shape index (κ3) is 3.69. The molecule has 24 heavy (non-hydrogen) atoms. The van der Waals surface area contributed by atoms with Crippen molar-refractivity contribution in [2.75, 3.05) is 0 Å². The highest BCUT2D eigenvalue weighted by molar-refractivity contribution is 6.22. The summed E-state index contributed by atoms with van der Waals surface area (Å²) in [4.78, 5) is 49.2. The first kappa shape index (κ1) is 17.8. The van der Waals surface area contributed by atoms with Crippen LogP contribution in [-0.2, 0) is 14.3 Å². The zero-order valence-corrected chi connectivity index (χ0v) is 14.1. The van der Waals surface area contributed by atoms with Gasteiger partial charge in [0.05, 0.1) is 11.1 Å². The summed E-state index contributed by atoms with van der Waals surface area (Å²) < 4.78 is 5.37. The molecule has 0 saturated carbocycles. The minimum Gasteiger partial charge on any atom is -0.458 e. The summed E-state index contributed by atoms with van der Waals surface area (Å²) >= 11 is 0. The highest BCUT2D eigenvalue weighted by Gasteiger charge is 2.43. The maximum absolute atomic E-state index is 12.6. The SMILES string of the molecule is CC(C)(C)OC(=O)C(CCCC=O)N1C(=O)c2ccccc2C1=O. The van der Waals surface area contributed by atoms with Crippen LogP contribution in [0.5, 0.6) is 0 Å². The average Bonchev–Trinajstić information content (AvgIpc) is 2.75. The largest absolute Gasteiger partial charge is 0.458 e. The number of carbonyl (C=O) groups excluding carboxylic acids is 4. The molecule has 128 valence electrons. The average molecular weight is 331 g/mol. The zero-order chi connectivity index (χ0) is 17.9. The fourth-order valence-electron chi connectivity index (χ4n) is 2.61. The van der Waals surface area contributed by atoms with Crippen LogP contribution in [0.1, 0.15) is 60.7 Å². The smallest absolute Gasteiger partial charge is 0.329 e. The van der Waals surface area contributed by atoms with Crippen LogP contribution < -0.4 is 0 Å². The van der Waals surface area contributed by atoms with Gasteiger partial charge in [0.2, 0.25) is 0 Å². The van der Waals surface area contributed by atoms with Gasteiger partial charge >= 0.3 is 5.97 Å². The Morgan fingerprint density at radius 3 is 2.17 bits per heavy atom. The van der Waals surface area contributed by atoms with Crippen LogP contribution in [0.2, 0.25) is 0 Å². The molecule has 0 aromatic heterocycles. The number of fused-ring (bicyclic) bond motifs is 1. The van der Waals surface area contributed by atoms with E-state index in [1.165, 1.54) is 0 Å². The number of hydrogen-bond acceptors (Lipinski definition) is 5. The molecule has 0 fully saturated rings. The quantitative estimate of drug-likeness (QED) is 0.346. The number of imide groups is 1. The van der Waals surface area contributed by atoms with E-state index in [1.54, 1.807) is 45.0 Å². The number of hydrogen-bond donors (Lipinski definition) is 0. The second-order valence-corrected chi connectivity index (χ2v) is 6.67. The number of carbonyl (C=O) groups is 4. The molecule has 1 aromatic rings. The number of unbranched alkanes of at least 4 members (excludes halogenated alkanes) is 1. The van der Waals surface area contributed by atoms with Gasteiger partial charge in [-0.1, -0.05) is 12.1 Å². The first-order chi connectivity index (χ1) is 11.3. The molecule has 2 amide bonds. The molecule has 1 aliphatic heterocycles. The predicted octanol–water partition coefficient (Wildman–Crippen LogP) is 2.36. The molecule has 6 nitrogen and oxygen atoms in total. The first-order valence-corrected chi connectivity index (χ1v) is 7.89. The van der Waals surface area contributed by atoms with Crippen LogP contribution in [-0.4, -0.2) is 40.6 Å². The normalized spacial score (nSPS) is 15.2. The monoisotopic (exact) mass is 331 g/mol. The molecule has 1 aliphatic rings. The summed E-state index contributed by atoms with van der Waals surface area (Å²) in [5.41, 5.74) is -0.170. The number of amides is 2. The summed E-state index contributed by atoms with van der Waals surface area (Å²) in [6.45, 7) is 5.15. The van der Waals surface area contributed by atoms with Gasteiger partial charge in [0, 0.05) is 6.42 Å². The van der Waals surface area contributed by atoms with E-state index in [9.17, 15) is 19.2 Å². The highest BCUT2D eigenvalue weighted by atomic mass is 16.6. The van der Waals surface area contributed by atoms with Gasteiger partial charge in [-0.3, -0.25) is 14.5 Å². The van der Waals surface area contributed by atoms with Crippen LogP contribution in [0.25, 0.3) is 0 Å². The van der Waals surface area contributed by atoms with Crippen molar-refractivity contribution in [1.82, 2.24) is 4.90 Å². The van der Waals surface area contributed by atoms with Crippen LogP contribution >= 0.6 is 0 Å². The van der Waals surface area contributed by atoms with Crippen molar-refractivity contribution in [3.05, 3.63) is 35.4 Å². The van der Waals surface area contributed by atoms with Crippen LogP contribution in [0.4, 0.5) is 0 Å². The van der Waals surface area contributed by atoms with E-state index >= 15 is 0 Å². The second kappa shape index (κ2) is 6.95. The van der Waals surface area contributed by atoms with Crippen molar-refractivity contribution in [3.8, 4) is 0 Å². The number of esters is 1. The van der Waals surface area contributed by atoms with Gasteiger partial charge in [-0.25, -0.2) is 4.79 Å². The van der Waals surface area contributed by atoms with Gasteiger partial charge in [0.15, 0.2) is 0 Å². The molecule has 0 saturated heterocycles. The van der Waals surface area contributed by atoms with Crippen molar-refractivity contribution < 1.29 is 23.9 Å². The molecule has 0 aliphatic carbocycles. The van der Waals surface area contributed by atoms with Crippen molar-refractivity contribution >= 4 is 24.1 Å². The Morgan fingerprint density at radius 2 is 1.71 bits per heavy atom. The molecule has 1 unspecified atom stereocenters. The van der Waals surface area contributed by atoms with E-state index in [0.717, 1.165) is 11.2 Å². The van der Waals surface area contributed by atoms with Gasteiger partial charge in [0.1, 0.15) is 17.9 Å².